The number of rotatable bonds is 8. The van der Waals surface area contributed by atoms with Gasteiger partial charge in [0.2, 0.25) is 0 Å². The average Bonchev–Trinajstić information content (AvgIpc) is 2.67. The minimum absolute atomic E-state index is 0.0514. The zero-order valence-electron chi connectivity index (χ0n) is 15.4. The molecular formula is C20H21NO5S. The van der Waals surface area contributed by atoms with Crippen LogP contribution in [-0.4, -0.2) is 36.6 Å². The number of methoxy groups -OCH3 is 1. The summed E-state index contributed by atoms with van der Waals surface area (Å²) in [5, 5.41) is 2.65. The Labute approximate surface area is 162 Å². The number of hydrogen-bond donors (Lipinski definition) is 1. The largest absolute Gasteiger partial charge is 0.497 e. The Balaban J connectivity index is 1.80. The van der Waals surface area contributed by atoms with Gasteiger partial charge in [0.05, 0.1) is 12.9 Å². The van der Waals surface area contributed by atoms with E-state index in [1.54, 1.807) is 43.5 Å². The predicted molar refractivity (Wildman–Crippen MR) is 104 cm³/mol. The number of esters is 1. The molecular weight excluding hydrogens is 366 g/mol. The summed E-state index contributed by atoms with van der Waals surface area (Å²) in [5.74, 6) is -0.135. The molecule has 0 spiro atoms. The molecule has 1 amide bonds. The first-order chi connectivity index (χ1) is 12.9. The molecule has 142 valence electrons. The van der Waals surface area contributed by atoms with Crippen LogP contribution < -0.4 is 10.1 Å². The van der Waals surface area contributed by atoms with Gasteiger partial charge in [-0.15, -0.1) is 11.8 Å². The normalized spacial score (nSPS) is 11.4. The molecule has 1 atom stereocenters. The molecule has 0 unspecified atom stereocenters. The van der Waals surface area contributed by atoms with Gasteiger partial charge >= 0.3 is 5.97 Å². The van der Waals surface area contributed by atoms with Crippen LogP contribution in [0.3, 0.4) is 0 Å². The lowest BCUT2D eigenvalue weighted by atomic mass is 10.1. The first-order valence-corrected chi connectivity index (χ1v) is 9.26. The maximum absolute atomic E-state index is 12.1. The summed E-state index contributed by atoms with van der Waals surface area (Å²) in [6.45, 7) is 2.98. The van der Waals surface area contributed by atoms with Crippen molar-refractivity contribution in [2.75, 3.05) is 18.2 Å². The number of ether oxygens (including phenoxy) is 2. The van der Waals surface area contributed by atoms with Crippen molar-refractivity contribution in [1.29, 1.82) is 0 Å². The van der Waals surface area contributed by atoms with E-state index in [0.29, 0.717) is 11.3 Å². The lowest BCUT2D eigenvalue weighted by molar-refractivity contribution is -0.150. The number of ketones is 1. The van der Waals surface area contributed by atoms with Crippen LogP contribution in [0, 0.1) is 0 Å². The van der Waals surface area contributed by atoms with Gasteiger partial charge in [0.1, 0.15) is 5.75 Å². The fraction of sp³-hybridized carbons (Fsp3) is 0.250. The zero-order valence-corrected chi connectivity index (χ0v) is 16.2. The second kappa shape index (κ2) is 9.78. The van der Waals surface area contributed by atoms with Crippen molar-refractivity contribution in [1.82, 2.24) is 0 Å². The third-order valence-corrected chi connectivity index (χ3v) is 4.64. The van der Waals surface area contributed by atoms with Crippen molar-refractivity contribution in [2.24, 2.45) is 0 Å². The summed E-state index contributed by atoms with van der Waals surface area (Å²) >= 11 is 1.32. The highest BCUT2D eigenvalue weighted by Crippen LogP contribution is 2.21. The number of anilines is 1. The Morgan fingerprint density at radius 3 is 2.22 bits per heavy atom. The van der Waals surface area contributed by atoms with Crippen molar-refractivity contribution < 1.29 is 23.9 Å². The molecule has 2 aromatic carbocycles. The first kappa shape index (κ1) is 20.5. The van der Waals surface area contributed by atoms with Crippen LogP contribution in [0.25, 0.3) is 0 Å². The molecule has 0 saturated carbocycles. The van der Waals surface area contributed by atoms with Gasteiger partial charge < -0.3 is 14.8 Å². The lowest BCUT2D eigenvalue weighted by Gasteiger charge is -2.13. The van der Waals surface area contributed by atoms with Crippen LogP contribution in [0.15, 0.2) is 53.4 Å². The van der Waals surface area contributed by atoms with E-state index in [0.717, 1.165) is 10.6 Å². The van der Waals surface area contributed by atoms with Crippen LogP contribution in [0.4, 0.5) is 5.69 Å². The Hall–Kier alpha value is -2.80. The number of amides is 1. The molecule has 0 aliphatic rings. The molecule has 7 heteroatoms. The fourth-order valence-corrected chi connectivity index (χ4v) is 2.81. The van der Waals surface area contributed by atoms with Gasteiger partial charge in [-0.3, -0.25) is 14.4 Å². The van der Waals surface area contributed by atoms with Crippen molar-refractivity contribution >= 4 is 35.1 Å². The third kappa shape index (κ3) is 6.45. The van der Waals surface area contributed by atoms with Crippen molar-refractivity contribution in [3.63, 3.8) is 0 Å². The number of thioether (sulfide) groups is 1. The summed E-state index contributed by atoms with van der Waals surface area (Å²) < 4.78 is 10.2. The summed E-state index contributed by atoms with van der Waals surface area (Å²) in [6.07, 6.45) is -0.929. The second-order valence-electron chi connectivity index (χ2n) is 5.72. The van der Waals surface area contributed by atoms with Crippen LogP contribution in [0.1, 0.15) is 24.2 Å². The molecule has 2 aromatic rings. The fourth-order valence-electron chi connectivity index (χ4n) is 2.13. The molecule has 0 radical (unpaired) electrons. The number of nitrogens with one attached hydrogen (secondary N) is 1. The van der Waals surface area contributed by atoms with Crippen molar-refractivity contribution in [2.45, 2.75) is 24.8 Å². The van der Waals surface area contributed by atoms with E-state index in [9.17, 15) is 14.4 Å². The van der Waals surface area contributed by atoms with E-state index in [4.69, 9.17) is 9.47 Å². The number of hydrogen-bond acceptors (Lipinski definition) is 6. The number of carbonyl (C=O) groups is 3. The Kier molecular flexibility index (Phi) is 7.43. The highest BCUT2D eigenvalue weighted by Gasteiger charge is 2.18. The lowest BCUT2D eigenvalue weighted by Crippen LogP contribution is -2.30. The van der Waals surface area contributed by atoms with Gasteiger partial charge in [0.15, 0.2) is 11.9 Å². The molecule has 1 N–H and O–H groups in total. The Bertz CT molecular complexity index is 802. The van der Waals surface area contributed by atoms with Crippen LogP contribution in [0.5, 0.6) is 5.75 Å². The number of benzene rings is 2. The molecule has 0 fully saturated rings. The van der Waals surface area contributed by atoms with Gasteiger partial charge in [-0.05, 0) is 62.4 Å². The first-order valence-electron chi connectivity index (χ1n) is 8.27. The monoisotopic (exact) mass is 387 g/mol. The van der Waals surface area contributed by atoms with E-state index in [-0.39, 0.29) is 11.5 Å². The van der Waals surface area contributed by atoms with Crippen LogP contribution in [0.2, 0.25) is 0 Å². The molecule has 6 nitrogen and oxygen atoms in total. The predicted octanol–water partition coefficient (Wildman–Crippen LogP) is 3.56. The number of Topliss-reactive ketones (excluding diaryl/α,β-unsaturated/α-hetero) is 1. The quantitative estimate of drug-likeness (QED) is 0.424. The molecule has 0 aromatic heterocycles. The van der Waals surface area contributed by atoms with Crippen LogP contribution in [-0.2, 0) is 14.3 Å². The highest BCUT2D eigenvalue weighted by atomic mass is 32.2. The zero-order chi connectivity index (χ0) is 19.8. The summed E-state index contributed by atoms with van der Waals surface area (Å²) in [7, 11) is 1.59. The smallest absolute Gasteiger partial charge is 0.317 e. The average molecular weight is 387 g/mol. The van der Waals surface area contributed by atoms with E-state index < -0.39 is 18.0 Å². The molecule has 0 heterocycles. The van der Waals surface area contributed by atoms with Gasteiger partial charge in [-0.2, -0.15) is 0 Å². The second-order valence-corrected chi connectivity index (χ2v) is 6.77. The van der Waals surface area contributed by atoms with Gasteiger partial charge in [0.25, 0.3) is 5.91 Å². The minimum Gasteiger partial charge on any atom is -0.497 e. The standard InChI is InChI=1S/C20H21NO5S/c1-13(22)15-4-6-16(7-5-15)21-20(24)14(2)26-19(23)12-27-18-10-8-17(25-3)9-11-18/h4-11,14H,12H2,1-3H3,(H,21,24)/t14-/m1/s1. The highest BCUT2D eigenvalue weighted by molar-refractivity contribution is 8.00. The molecule has 27 heavy (non-hydrogen) atoms. The maximum atomic E-state index is 12.1. The van der Waals surface area contributed by atoms with E-state index in [1.165, 1.54) is 25.6 Å². The molecule has 0 saturated heterocycles. The van der Waals surface area contributed by atoms with Gasteiger partial charge in [0, 0.05) is 16.1 Å². The Morgan fingerprint density at radius 1 is 1.04 bits per heavy atom. The van der Waals surface area contributed by atoms with Crippen molar-refractivity contribution in [3.8, 4) is 5.75 Å². The molecule has 0 bridgehead atoms. The van der Waals surface area contributed by atoms with Crippen LogP contribution >= 0.6 is 11.8 Å². The molecule has 0 aliphatic heterocycles. The molecule has 0 aliphatic carbocycles. The van der Waals surface area contributed by atoms with E-state index in [2.05, 4.69) is 5.32 Å². The number of carbonyl (C=O) groups excluding carboxylic acids is 3. The maximum Gasteiger partial charge on any atom is 0.317 e. The Morgan fingerprint density at radius 2 is 1.67 bits per heavy atom. The van der Waals surface area contributed by atoms with Gasteiger partial charge in [-0.1, -0.05) is 0 Å². The SMILES string of the molecule is COc1ccc(SCC(=O)O[C@H](C)C(=O)Nc2ccc(C(C)=O)cc2)cc1. The summed E-state index contributed by atoms with van der Waals surface area (Å²) in [5.41, 5.74) is 1.09. The van der Waals surface area contributed by atoms with E-state index >= 15 is 0 Å². The molecule has 2 rings (SSSR count). The van der Waals surface area contributed by atoms with E-state index in [1.807, 2.05) is 12.1 Å². The van der Waals surface area contributed by atoms with Crippen molar-refractivity contribution in [3.05, 3.63) is 54.1 Å². The summed E-state index contributed by atoms with van der Waals surface area (Å²) in [4.78, 5) is 36.2. The minimum atomic E-state index is -0.929. The topological polar surface area (TPSA) is 81.7 Å². The summed E-state index contributed by atoms with van der Waals surface area (Å²) in [6, 6.07) is 13.8. The van der Waals surface area contributed by atoms with Gasteiger partial charge in [-0.25, -0.2) is 0 Å². The third-order valence-electron chi connectivity index (χ3n) is 3.65.